The molecule has 38 heavy (non-hydrogen) atoms. The van der Waals surface area contributed by atoms with Gasteiger partial charge in [0.05, 0.1) is 11.2 Å². The third-order valence-electron chi connectivity index (χ3n) is 6.69. The third kappa shape index (κ3) is 4.18. The average molecular weight is 487 g/mol. The van der Waals surface area contributed by atoms with E-state index in [1.165, 1.54) is 10.8 Å². The predicted molar refractivity (Wildman–Crippen MR) is 154 cm³/mol. The summed E-state index contributed by atoms with van der Waals surface area (Å²) in [5.41, 5.74) is 5.81. The molecule has 178 valence electrons. The molecule has 0 bridgehead atoms. The Morgan fingerprint density at radius 2 is 0.789 bits per heavy atom. The van der Waals surface area contributed by atoms with E-state index in [1.54, 1.807) is 0 Å². The first-order chi connectivity index (χ1) is 18.8. The molecule has 0 aliphatic carbocycles. The minimum Gasteiger partial charge on any atom is -0.248 e. The van der Waals surface area contributed by atoms with Crippen LogP contribution in [0.5, 0.6) is 0 Å². The van der Waals surface area contributed by atoms with Crippen LogP contribution in [0.25, 0.3) is 67.1 Å². The molecule has 5 aromatic carbocycles. The van der Waals surface area contributed by atoms with Crippen LogP contribution < -0.4 is 0 Å². The van der Waals surface area contributed by atoms with E-state index in [2.05, 4.69) is 72.8 Å². The fourth-order valence-electron chi connectivity index (χ4n) is 4.70. The maximum atomic E-state index is 4.96. The van der Waals surface area contributed by atoms with E-state index in [-0.39, 0.29) is 0 Å². The Hall–Kier alpha value is -5.22. The van der Waals surface area contributed by atoms with Gasteiger partial charge in [0.15, 0.2) is 17.5 Å². The first-order valence-corrected chi connectivity index (χ1v) is 12.6. The second-order valence-corrected chi connectivity index (χ2v) is 9.20. The molecule has 0 spiro atoms. The van der Waals surface area contributed by atoms with Crippen LogP contribution in [-0.4, -0.2) is 19.9 Å². The van der Waals surface area contributed by atoms with Crippen molar-refractivity contribution in [2.75, 3.05) is 0 Å². The van der Waals surface area contributed by atoms with Crippen LogP contribution in [0.3, 0.4) is 0 Å². The Bertz CT molecular complexity index is 1840. The number of nitrogens with zero attached hydrogens (tertiary/aromatic N) is 4. The molecule has 0 fully saturated rings. The molecular formula is C34H22N4. The maximum absolute atomic E-state index is 4.96. The molecule has 2 heterocycles. The van der Waals surface area contributed by atoms with Crippen molar-refractivity contribution in [3.63, 3.8) is 0 Å². The van der Waals surface area contributed by atoms with Gasteiger partial charge in [-0.25, -0.2) is 19.9 Å². The maximum Gasteiger partial charge on any atom is 0.164 e. The second-order valence-electron chi connectivity index (χ2n) is 9.20. The molecule has 0 aliphatic rings. The number of hydrogen-bond acceptors (Lipinski definition) is 4. The topological polar surface area (TPSA) is 51.6 Å². The normalized spacial score (nSPS) is 11.2. The molecule has 0 atom stereocenters. The van der Waals surface area contributed by atoms with Crippen molar-refractivity contribution in [3.8, 4) is 45.4 Å². The van der Waals surface area contributed by atoms with Crippen LogP contribution in [0.1, 0.15) is 0 Å². The molecule has 7 aromatic rings. The summed E-state index contributed by atoms with van der Waals surface area (Å²) in [6.45, 7) is 0. The highest BCUT2D eigenvalue weighted by Crippen LogP contribution is 2.28. The van der Waals surface area contributed by atoms with Gasteiger partial charge in [-0.3, -0.25) is 0 Å². The Kier molecular flexibility index (Phi) is 5.41. The van der Waals surface area contributed by atoms with Gasteiger partial charge in [0.25, 0.3) is 0 Å². The number of fused-ring (bicyclic) bond motifs is 2. The van der Waals surface area contributed by atoms with Gasteiger partial charge >= 0.3 is 0 Å². The lowest BCUT2D eigenvalue weighted by Crippen LogP contribution is -2.00. The van der Waals surface area contributed by atoms with Gasteiger partial charge in [-0.05, 0) is 29.0 Å². The first kappa shape index (κ1) is 22.0. The van der Waals surface area contributed by atoms with Gasteiger partial charge < -0.3 is 0 Å². The van der Waals surface area contributed by atoms with E-state index in [0.717, 1.165) is 38.9 Å². The molecule has 0 aliphatic heterocycles. The van der Waals surface area contributed by atoms with Crippen molar-refractivity contribution in [2.45, 2.75) is 0 Å². The summed E-state index contributed by atoms with van der Waals surface area (Å²) in [5, 5.41) is 3.55. The quantitative estimate of drug-likeness (QED) is 0.235. The van der Waals surface area contributed by atoms with E-state index in [4.69, 9.17) is 19.9 Å². The molecule has 0 radical (unpaired) electrons. The van der Waals surface area contributed by atoms with Gasteiger partial charge in [-0.15, -0.1) is 0 Å². The second kappa shape index (κ2) is 9.34. The number of benzene rings is 5. The molecule has 2 aromatic heterocycles. The van der Waals surface area contributed by atoms with Gasteiger partial charge in [0.1, 0.15) is 0 Å². The SMILES string of the molecule is c1ccc(-c2nc(-c3ccccc3)nc(-c3ccc(-c4ccc5cc6ccccc6cc5n4)cc3)n2)cc1. The lowest BCUT2D eigenvalue weighted by atomic mass is 10.0. The van der Waals surface area contributed by atoms with Crippen LogP contribution in [0.15, 0.2) is 133 Å². The molecule has 4 heteroatoms. The molecule has 0 saturated carbocycles. The number of pyridine rings is 1. The largest absolute Gasteiger partial charge is 0.248 e. The van der Waals surface area contributed by atoms with E-state index in [0.29, 0.717) is 17.5 Å². The summed E-state index contributed by atoms with van der Waals surface area (Å²) in [6.07, 6.45) is 0. The number of aromatic nitrogens is 4. The standard InChI is InChI=1S/C34H22N4/c1-3-9-24(10-4-1)32-36-33(25-11-5-2-6-12-25)38-34(37-32)26-17-15-23(16-18-26)30-20-19-29-21-27-13-7-8-14-28(27)22-31(29)35-30/h1-22H. The van der Waals surface area contributed by atoms with Crippen molar-refractivity contribution >= 4 is 21.7 Å². The van der Waals surface area contributed by atoms with Crippen molar-refractivity contribution in [1.29, 1.82) is 0 Å². The predicted octanol–water partition coefficient (Wildman–Crippen LogP) is 8.24. The van der Waals surface area contributed by atoms with Crippen LogP contribution >= 0.6 is 0 Å². The summed E-state index contributed by atoms with van der Waals surface area (Å²) < 4.78 is 0. The third-order valence-corrected chi connectivity index (χ3v) is 6.69. The molecular weight excluding hydrogens is 464 g/mol. The molecule has 7 rings (SSSR count). The molecule has 0 amide bonds. The van der Waals surface area contributed by atoms with E-state index in [9.17, 15) is 0 Å². The van der Waals surface area contributed by atoms with Crippen LogP contribution in [-0.2, 0) is 0 Å². The minimum absolute atomic E-state index is 0.641. The molecule has 0 saturated heterocycles. The number of rotatable bonds is 4. The van der Waals surface area contributed by atoms with Crippen molar-refractivity contribution < 1.29 is 0 Å². The van der Waals surface area contributed by atoms with Crippen LogP contribution in [0.2, 0.25) is 0 Å². The molecule has 0 unspecified atom stereocenters. The average Bonchev–Trinajstić information content (AvgIpc) is 3.00. The fraction of sp³-hybridized carbons (Fsp3) is 0. The van der Waals surface area contributed by atoms with Crippen molar-refractivity contribution in [1.82, 2.24) is 19.9 Å². The fourth-order valence-corrected chi connectivity index (χ4v) is 4.70. The summed E-state index contributed by atoms with van der Waals surface area (Å²) in [7, 11) is 0. The van der Waals surface area contributed by atoms with Gasteiger partial charge in [0, 0.05) is 27.6 Å². The van der Waals surface area contributed by atoms with Crippen molar-refractivity contribution in [2.24, 2.45) is 0 Å². The first-order valence-electron chi connectivity index (χ1n) is 12.6. The highest BCUT2D eigenvalue weighted by atomic mass is 15.0. The van der Waals surface area contributed by atoms with E-state index < -0.39 is 0 Å². The monoisotopic (exact) mass is 486 g/mol. The highest BCUT2D eigenvalue weighted by Gasteiger charge is 2.12. The number of hydrogen-bond donors (Lipinski definition) is 0. The Morgan fingerprint density at radius 1 is 0.316 bits per heavy atom. The zero-order valence-electron chi connectivity index (χ0n) is 20.5. The Labute approximate surface area is 220 Å². The van der Waals surface area contributed by atoms with Gasteiger partial charge in [-0.1, -0.05) is 115 Å². The zero-order chi connectivity index (χ0) is 25.3. The summed E-state index contributed by atoms with van der Waals surface area (Å²) >= 11 is 0. The smallest absolute Gasteiger partial charge is 0.164 e. The molecule has 4 nitrogen and oxygen atoms in total. The summed E-state index contributed by atoms with van der Waals surface area (Å²) in [6, 6.07) is 45.3. The summed E-state index contributed by atoms with van der Waals surface area (Å²) in [4.78, 5) is 19.4. The Balaban J connectivity index is 1.28. The molecule has 0 N–H and O–H groups in total. The highest BCUT2D eigenvalue weighted by molar-refractivity contribution is 5.97. The Morgan fingerprint density at radius 3 is 1.37 bits per heavy atom. The minimum atomic E-state index is 0.641. The van der Waals surface area contributed by atoms with E-state index >= 15 is 0 Å². The lowest BCUT2D eigenvalue weighted by molar-refractivity contribution is 1.07. The van der Waals surface area contributed by atoms with Gasteiger partial charge in [0.2, 0.25) is 0 Å². The summed E-state index contributed by atoms with van der Waals surface area (Å²) in [5.74, 6) is 1.95. The van der Waals surface area contributed by atoms with Gasteiger partial charge in [-0.2, -0.15) is 0 Å². The zero-order valence-corrected chi connectivity index (χ0v) is 20.5. The van der Waals surface area contributed by atoms with Crippen LogP contribution in [0, 0.1) is 0 Å². The van der Waals surface area contributed by atoms with Crippen LogP contribution in [0.4, 0.5) is 0 Å². The van der Waals surface area contributed by atoms with E-state index in [1.807, 2.05) is 60.7 Å². The lowest BCUT2D eigenvalue weighted by Gasteiger charge is -2.09. The van der Waals surface area contributed by atoms with Crippen molar-refractivity contribution in [3.05, 3.63) is 133 Å².